The molecule has 9 heteroatoms. The number of nitrogens with two attached hydrogens (primary N) is 1. The molecule has 108 valence electrons. The van der Waals surface area contributed by atoms with Crippen LogP contribution in [0.25, 0.3) is 0 Å². The molecule has 0 bridgehead atoms. The van der Waals surface area contributed by atoms with E-state index in [1.165, 1.54) is 0 Å². The number of carboxylic acids is 2. The van der Waals surface area contributed by atoms with E-state index in [0.29, 0.717) is 6.54 Å². The van der Waals surface area contributed by atoms with Crippen LogP contribution in [-0.4, -0.2) is 67.1 Å². The van der Waals surface area contributed by atoms with Gasteiger partial charge in [-0.3, -0.25) is 14.4 Å². The van der Waals surface area contributed by atoms with Crippen LogP contribution < -0.4 is 5.73 Å². The normalized spacial score (nSPS) is 25.6. The zero-order valence-electron chi connectivity index (χ0n) is 10.6. The number of esters is 1. The second-order valence-electron chi connectivity index (χ2n) is 4.44. The lowest BCUT2D eigenvalue weighted by atomic mass is 10.2. The highest BCUT2D eigenvalue weighted by Gasteiger charge is 2.38. The predicted molar refractivity (Wildman–Crippen MR) is 67.3 cm³/mol. The lowest BCUT2D eigenvalue weighted by molar-refractivity contribution is -0.153. The molecule has 4 N–H and O–H groups in total. The van der Waals surface area contributed by atoms with Gasteiger partial charge in [0, 0.05) is 13.0 Å². The number of aliphatic carboxylic acids is 2. The zero-order chi connectivity index (χ0) is 14.6. The van der Waals surface area contributed by atoms with E-state index in [0.717, 1.165) is 0 Å². The summed E-state index contributed by atoms with van der Waals surface area (Å²) in [5.41, 5.74) is 5.38. The summed E-state index contributed by atoms with van der Waals surface area (Å²) in [6.07, 6.45) is -0.803. The van der Waals surface area contributed by atoms with E-state index in [1.54, 1.807) is 0 Å². The third-order valence-electron chi connectivity index (χ3n) is 3.04. The fourth-order valence-corrected chi connectivity index (χ4v) is 3.37. The fraction of sp³-hybridized carbons (Fsp3) is 0.700. The number of hydrogen-bond acceptors (Lipinski definition) is 6. The Hall–Kier alpha value is -1.45. The second kappa shape index (κ2) is 6.64. The van der Waals surface area contributed by atoms with Gasteiger partial charge in [0.05, 0.1) is 16.1 Å². The van der Waals surface area contributed by atoms with E-state index < -0.39 is 52.2 Å². The minimum atomic E-state index is -1.21. The van der Waals surface area contributed by atoms with Crippen LogP contribution in [0.15, 0.2) is 0 Å². The topological polar surface area (TPSA) is 130 Å². The number of hydrogen-bond donors (Lipinski definition) is 3. The molecule has 1 aliphatic heterocycles. The summed E-state index contributed by atoms with van der Waals surface area (Å²) in [7, 11) is -0.667. The van der Waals surface area contributed by atoms with Crippen LogP contribution in [0.1, 0.15) is 12.8 Å². The summed E-state index contributed by atoms with van der Waals surface area (Å²) in [5.74, 6) is -2.90. The number of nitrogens with zero attached hydrogens (tertiary/aromatic N) is 1. The second-order valence-corrected chi connectivity index (χ2v) is 5.89. The van der Waals surface area contributed by atoms with Gasteiger partial charge in [-0.05, 0) is 0 Å². The summed E-state index contributed by atoms with van der Waals surface area (Å²) < 4.78 is 6.90. The molecule has 0 aromatic heterocycles. The largest absolute Gasteiger partial charge is 0.481 e. The van der Waals surface area contributed by atoms with Crippen molar-refractivity contribution < 1.29 is 29.3 Å². The molecule has 0 aromatic carbocycles. The van der Waals surface area contributed by atoms with Crippen LogP contribution in [0.2, 0.25) is 6.55 Å². The Morgan fingerprint density at radius 3 is 2.53 bits per heavy atom. The average Bonchev–Trinajstić information content (AvgIpc) is 2.71. The Morgan fingerprint density at radius 1 is 1.47 bits per heavy atom. The van der Waals surface area contributed by atoms with Gasteiger partial charge in [-0.15, -0.1) is 0 Å². The van der Waals surface area contributed by atoms with Crippen molar-refractivity contribution in [1.29, 1.82) is 0 Å². The van der Waals surface area contributed by atoms with Gasteiger partial charge in [0.15, 0.2) is 0 Å². The Kier molecular flexibility index (Phi) is 5.45. The van der Waals surface area contributed by atoms with Gasteiger partial charge >= 0.3 is 17.9 Å². The molecule has 0 unspecified atom stereocenters. The minimum absolute atomic E-state index is 0.224. The van der Waals surface area contributed by atoms with Crippen molar-refractivity contribution in [3.05, 3.63) is 0 Å². The molecule has 19 heavy (non-hydrogen) atoms. The Labute approximate surface area is 112 Å². The monoisotopic (exact) mass is 290 g/mol. The predicted octanol–water partition coefficient (Wildman–Crippen LogP) is -2.01. The SMILES string of the molecule is C[SiH2]N1C[C@H](OC(=O)[C@@H](N)CC(=O)O)C[C@H]1C(=O)O. The van der Waals surface area contributed by atoms with Crippen LogP contribution in [-0.2, 0) is 19.1 Å². The molecular formula is C10H18N2O6Si. The number of carbonyl (C=O) groups is 3. The number of ether oxygens (including phenoxy) is 1. The van der Waals surface area contributed by atoms with Crippen LogP contribution in [0, 0.1) is 0 Å². The van der Waals surface area contributed by atoms with Gasteiger partial charge < -0.3 is 25.2 Å². The van der Waals surface area contributed by atoms with E-state index >= 15 is 0 Å². The quantitative estimate of drug-likeness (QED) is 0.378. The number of carbonyl (C=O) groups excluding carboxylic acids is 1. The lowest BCUT2D eigenvalue weighted by Gasteiger charge is -2.18. The molecular weight excluding hydrogens is 272 g/mol. The molecule has 0 amide bonds. The first-order valence-electron chi connectivity index (χ1n) is 5.99. The Morgan fingerprint density at radius 2 is 2.11 bits per heavy atom. The van der Waals surface area contributed by atoms with Crippen LogP contribution in [0.3, 0.4) is 0 Å². The van der Waals surface area contributed by atoms with Crippen LogP contribution in [0.5, 0.6) is 0 Å². The van der Waals surface area contributed by atoms with Gasteiger partial charge in [0.1, 0.15) is 18.2 Å². The van der Waals surface area contributed by atoms with Gasteiger partial charge in [-0.2, -0.15) is 0 Å². The van der Waals surface area contributed by atoms with Gasteiger partial charge in [0.2, 0.25) is 0 Å². The Balaban J connectivity index is 2.52. The molecule has 0 radical (unpaired) electrons. The average molecular weight is 290 g/mol. The van der Waals surface area contributed by atoms with Crippen molar-refractivity contribution in [2.24, 2.45) is 5.73 Å². The molecule has 0 spiro atoms. The van der Waals surface area contributed by atoms with Crippen molar-refractivity contribution in [3.63, 3.8) is 0 Å². The molecule has 1 saturated heterocycles. The van der Waals surface area contributed by atoms with Crippen LogP contribution in [0.4, 0.5) is 0 Å². The van der Waals surface area contributed by atoms with Crippen molar-refractivity contribution in [2.45, 2.75) is 37.6 Å². The third-order valence-corrected chi connectivity index (χ3v) is 4.55. The number of carboxylic acid groups (broad SMARTS) is 2. The van der Waals surface area contributed by atoms with Crippen molar-refractivity contribution in [3.8, 4) is 0 Å². The summed E-state index contributed by atoms with van der Waals surface area (Å²) >= 11 is 0. The molecule has 0 aromatic rings. The maximum Gasteiger partial charge on any atom is 0.323 e. The Bertz CT molecular complexity index is 377. The fourth-order valence-electron chi connectivity index (χ4n) is 2.08. The first kappa shape index (κ1) is 15.6. The van der Waals surface area contributed by atoms with Crippen molar-refractivity contribution >= 4 is 27.6 Å². The van der Waals surface area contributed by atoms with Crippen molar-refractivity contribution in [2.75, 3.05) is 6.54 Å². The zero-order valence-corrected chi connectivity index (χ0v) is 12.0. The molecule has 0 saturated carbocycles. The summed E-state index contributed by atoms with van der Waals surface area (Å²) in [6, 6.07) is -1.83. The summed E-state index contributed by atoms with van der Waals surface area (Å²) in [5, 5.41) is 17.6. The smallest absolute Gasteiger partial charge is 0.323 e. The highest BCUT2D eigenvalue weighted by Crippen LogP contribution is 2.20. The van der Waals surface area contributed by atoms with Crippen molar-refractivity contribution in [1.82, 2.24) is 4.57 Å². The van der Waals surface area contributed by atoms with E-state index in [1.807, 2.05) is 11.1 Å². The minimum Gasteiger partial charge on any atom is -0.481 e. The highest BCUT2D eigenvalue weighted by atomic mass is 28.2. The van der Waals surface area contributed by atoms with Gasteiger partial charge in [0.25, 0.3) is 0 Å². The third kappa shape index (κ3) is 4.30. The molecule has 1 fully saturated rings. The van der Waals surface area contributed by atoms with E-state index in [9.17, 15) is 14.4 Å². The molecule has 1 rings (SSSR count). The van der Waals surface area contributed by atoms with Gasteiger partial charge in [-0.1, -0.05) is 6.55 Å². The van der Waals surface area contributed by atoms with Gasteiger partial charge in [-0.25, -0.2) is 0 Å². The van der Waals surface area contributed by atoms with Crippen LogP contribution >= 0.6 is 0 Å². The van der Waals surface area contributed by atoms with E-state index in [-0.39, 0.29) is 6.42 Å². The molecule has 1 heterocycles. The number of rotatable bonds is 6. The van der Waals surface area contributed by atoms with E-state index in [4.69, 9.17) is 20.7 Å². The van der Waals surface area contributed by atoms with E-state index in [2.05, 4.69) is 0 Å². The lowest BCUT2D eigenvalue weighted by Crippen LogP contribution is -2.38. The first-order valence-corrected chi connectivity index (χ1v) is 8.04. The maximum absolute atomic E-state index is 11.5. The maximum atomic E-state index is 11.5. The summed E-state index contributed by atoms with van der Waals surface area (Å²) in [6.45, 7) is 2.33. The highest BCUT2D eigenvalue weighted by molar-refractivity contribution is 6.30. The molecule has 1 aliphatic rings. The molecule has 8 nitrogen and oxygen atoms in total. The standard InChI is InChI=1S/C10H18N2O6Si/c1-19-12-4-5(2-7(12)9(15)16)18-10(17)6(11)3-8(13)14/h5-7H,2-4,11,19H2,1H3,(H,13,14)(H,15,16)/t5-,6+,7+/m1/s1. The molecule has 3 atom stereocenters. The molecule has 0 aliphatic carbocycles. The first-order chi connectivity index (χ1) is 8.85. The summed E-state index contributed by atoms with van der Waals surface area (Å²) in [4.78, 5) is 33.0.